The van der Waals surface area contributed by atoms with Gasteiger partial charge < -0.3 is 10.4 Å². The summed E-state index contributed by atoms with van der Waals surface area (Å²) in [4.78, 5) is 25.1. The number of nitrogens with zero attached hydrogens (tertiary/aromatic N) is 4. The number of rotatable bonds is 4. The predicted octanol–water partition coefficient (Wildman–Crippen LogP) is 2.15. The zero-order valence-corrected chi connectivity index (χ0v) is 16.0. The van der Waals surface area contributed by atoms with Crippen molar-refractivity contribution in [3.8, 4) is 17.1 Å². The number of fused-ring (bicyclic) bond motifs is 1. The van der Waals surface area contributed by atoms with Crippen LogP contribution in [0.4, 0.5) is 5.69 Å². The summed E-state index contributed by atoms with van der Waals surface area (Å²) in [7, 11) is -3.63. The number of aromatic hydroxyl groups is 1. The van der Waals surface area contributed by atoms with Crippen LogP contribution in [0.5, 0.6) is 5.75 Å². The van der Waals surface area contributed by atoms with Gasteiger partial charge in [0, 0.05) is 18.0 Å². The molecule has 1 aromatic carbocycles. The molecule has 0 saturated carbocycles. The lowest BCUT2D eigenvalue weighted by molar-refractivity contribution is 0.102. The van der Waals surface area contributed by atoms with E-state index < -0.39 is 15.7 Å². The summed E-state index contributed by atoms with van der Waals surface area (Å²) in [5.74, 6) is -0.111. The van der Waals surface area contributed by atoms with E-state index in [2.05, 4.69) is 20.3 Å². The number of benzene rings is 1. The smallest absolute Gasteiger partial charge is 0.276 e. The average Bonchev–Trinajstić information content (AvgIpc) is 3.09. The number of nitrogens with one attached hydrogen (secondary N) is 1. The van der Waals surface area contributed by atoms with Gasteiger partial charge in [0.05, 0.1) is 23.6 Å². The fourth-order valence-corrected chi connectivity index (χ4v) is 3.59. The van der Waals surface area contributed by atoms with Gasteiger partial charge in [-0.1, -0.05) is 18.2 Å². The molecule has 0 bridgehead atoms. The number of carbonyl (C=O) groups is 1. The van der Waals surface area contributed by atoms with E-state index in [0.717, 1.165) is 6.26 Å². The number of amides is 1. The number of hydrogen-bond donors (Lipinski definition) is 2. The van der Waals surface area contributed by atoms with Gasteiger partial charge in [-0.15, -0.1) is 0 Å². The number of anilines is 1. The molecule has 2 N–H and O–H groups in total. The summed E-state index contributed by atoms with van der Waals surface area (Å²) in [6.07, 6.45) is 5.40. The molecule has 146 valence electrons. The summed E-state index contributed by atoms with van der Waals surface area (Å²) in [5.41, 5.74) is 1.28. The van der Waals surface area contributed by atoms with Crippen molar-refractivity contribution in [3.63, 3.8) is 0 Å². The molecular weight excluding hydrogens is 394 g/mol. The highest BCUT2D eigenvalue weighted by molar-refractivity contribution is 7.90. The minimum absolute atomic E-state index is 0.0249. The summed E-state index contributed by atoms with van der Waals surface area (Å²) in [6.45, 7) is 0. The lowest BCUT2D eigenvalue weighted by Gasteiger charge is -2.05. The summed E-state index contributed by atoms with van der Waals surface area (Å²) in [6, 6.07) is 11.4. The molecular formula is C19H15N5O4S. The third kappa shape index (κ3) is 3.65. The van der Waals surface area contributed by atoms with Gasteiger partial charge in [-0.05, 0) is 24.3 Å². The SMILES string of the molecule is CS(=O)(=O)c1nc(C(=O)Nc2cnc(-c3cccc(O)c3)nc2)c2ccccn12. The zero-order valence-electron chi connectivity index (χ0n) is 15.1. The quantitative estimate of drug-likeness (QED) is 0.529. The number of sulfone groups is 1. The van der Waals surface area contributed by atoms with Crippen LogP contribution in [0, 0.1) is 0 Å². The minimum atomic E-state index is -3.63. The lowest BCUT2D eigenvalue weighted by atomic mass is 10.2. The number of pyridine rings is 1. The van der Waals surface area contributed by atoms with Crippen molar-refractivity contribution in [1.29, 1.82) is 0 Å². The van der Waals surface area contributed by atoms with Crippen molar-refractivity contribution in [2.45, 2.75) is 5.16 Å². The number of imidazole rings is 1. The van der Waals surface area contributed by atoms with Crippen LogP contribution >= 0.6 is 0 Å². The Hall–Kier alpha value is -3.79. The van der Waals surface area contributed by atoms with Crippen molar-refractivity contribution in [1.82, 2.24) is 19.4 Å². The normalized spacial score (nSPS) is 11.5. The van der Waals surface area contributed by atoms with E-state index in [4.69, 9.17) is 0 Å². The van der Waals surface area contributed by atoms with E-state index in [0.29, 0.717) is 22.6 Å². The second kappa shape index (κ2) is 6.99. The summed E-state index contributed by atoms with van der Waals surface area (Å²) >= 11 is 0. The molecule has 0 aliphatic heterocycles. The molecule has 3 aromatic heterocycles. The Kier molecular flexibility index (Phi) is 4.47. The average molecular weight is 409 g/mol. The van der Waals surface area contributed by atoms with E-state index in [1.165, 1.54) is 35.1 Å². The third-order valence-electron chi connectivity index (χ3n) is 4.08. The van der Waals surface area contributed by atoms with Crippen LogP contribution in [0.2, 0.25) is 0 Å². The largest absolute Gasteiger partial charge is 0.508 e. The van der Waals surface area contributed by atoms with Gasteiger partial charge in [-0.3, -0.25) is 9.20 Å². The zero-order chi connectivity index (χ0) is 20.6. The Morgan fingerprint density at radius 1 is 1.10 bits per heavy atom. The second-order valence-corrected chi connectivity index (χ2v) is 8.18. The van der Waals surface area contributed by atoms with Gasteiger partial charge >= 0.3 is 0 Å². The van der Waals surface area contributed by atoms with Crippen LogP contribution in [0.15, 0.2) is 66.2 Å². The van der Waals surface area contributed by atoms with Crippen molar-refractivity contribution < 1.29 is 18.3 Å². The van der Waals surface area contributed by atoms with Crippen molar-refractivity contribution in [2.75, 3.05) is 11.6 Å². The van der Waals surface area contributed by atoms with Crippen LogP contribution in [0.3, 0.4) is 0 Å². The Morgan fingerprint density at radius 2 is 1.86 bits per heavy atom. The molecule has 0 aliphatic carbocycles. The first-order valence-corrected chi connectivity index (χ1v) is 10.3. The monoisotopic (exact) mass is 409 g/mol. The van der Waals surface area contributed by atoms with Crippen molar-refractivity contribution in [2.24, 2.45) is 0 Å². The van der Waals surface area contributed by atoms with E-state index in [-0.39, 0.29) is 16.6 Å². The van der Waals surface area contributed by atoms with Crippen molar-refractivity contribution >= 4 is 26.9 Å². The Morgan fingerprint density at radius 3 is 2.55 bits per heavy atom. The molecule has 10 heteroatoms. The molecule has 0 saturated heterocycles. The van der Waals surface area contributed by atoms with E-state index in [1.54, 1.807) is 30.3 Å². The molecule has 4 aromatic rings. The first-order valence-electron chi connectivity index (χ1n) is 8.43. The molecule has 0 radical (unpaired) electrons. The highest BCUT2D eigenvalue weighted by Gasteiger charge is 2.22. The number of phenolic OH excluding ortho intramolecular Hbond substituents is 1. The minimum Gasteiger partial charge on any atom is -0.508 e. The molecule has 29 heavy (non-hydrogen) atoms. The van der Waals surface area contributed by atoms with Gasteiger partial charge in [0.15, 0.2) is 11.5 Å². The van der Waals surface area contributed by atoms with Gasteiger partial charge in [0.1, 0.15) is 5.75 Å². The number of aromatic nitrogens is 4. The van der Waals surface area contributed by atoms with Crippen LogP contribution < -0.4 is 5.32 Å². The molecule has 3 heterocycles. The third-order valence-corrected chi connectivity index (χ3v) is 5.03. The maximum Gasteiger partial charge on any atom is 0.276 e. The molecule has 0 fully saturated rings. The van der Waals surface area contributed by atoms with E-state index in [1.807, 2.05) is 0 Å². The first-order chi connectivity index (χ1) is 13.8. The lowest BCUT2D eigenvalue weighted by Crippen LogP contribution is -2.13. The molecule has 0 aliphatic rings. The molecule has 0 spiro atoms. The van der Waals surface area contributed by atoms with Crippen LogP contribution in [0.25, 0.3) is 16.9 Å². The highest BCUT2D eigenvalue weighted by Crippen LogP contribution is 2.21. The standard InChI is InChI=1S/C19H15N5O4S/c1-29(27,28)19-23-16(15-7-2-3-8-24(15)19)18(26)22-13-10-20-17(21-11-13)12-5-4-6-14(25)9-12/h2-11,25H,1H3,(H,22,26). The van der Waals surface area contributed by atoms with E-state index in [9.17, 15) is 18.3 Å². The van der Waals surface area contributed by atoms with E-state index >= 15 is 0 Å². The number of carbonyl (C=O) groups excluding carboxylic acids is 1. The van der Waals surface area contributed by atoms with Crippen molar-refractivity contribution in [3.05, 3.63) is 66.7 Å². The predicted molar refractivity (Wildman–Crippen MR) is 105 cm³/mol. The van der Waals surface area contributed by atoms with Gasteiger partial charge in [-0.25, -0.2) is 23.4 Å². The first kappa shape index (κ1) is 18.6. The Labute approximate surface area is 165 Å². The molecule has 1 amide bonds. The van der Waals surface area contributed by atoms with Crippen LogP contribution in [-0.2, 0) is 9.84 Å². The van der Waals surface area contributed by atoms with Crippen LogP contribution in [-0.4, -0.2) is 45.0 Å². The highest BCUT2D eigenvalue weighted by atomic mass is 32.2. The second-order valence-electron chi connectivity index (χ2n) is 6.27. The fraction of sp³-hybridized carbons (Fsp3) is 0.0526. The fourth-order valence-electron chi connectivity index (χ4n) is 2.82. The summed E-state index contributed by atoms with van der Waals surface area (Å²) < 4.78 is 25.3. The number of hydrogen-bond acceptors (Lipinski definition) is 7. The topological polar surface area (TPSA) is 127 Å². The molecule has 0 unspecified atom stereocenters. The molecule has 4 rings (SSSR count). The maximum atomic E-state index is 12.7. The van der Waals surface area contributed by atoms with Gasteiger partial charge in [0.25, 0.3) is 5.91 Å². The molecule has 0 atom stereocenters. The molecule has 9 nitrogen and oxygen atoms in total. The Bertz CT molecular complexity index is 1330. The van der Waals surface area contributed by atoms with Gasteiger partial charge in [-0.2, -0.15) is 0 Å². The van der Waals surface area contributed by atoms with Gasteiger partial charge in [0.2, 0.25) is 15.0 Å². The Balaban J connectivity index is 1.63. The maximum absolute atomic E-state index is 12.7. The van der Waals surface area contributed by atoms with Crippen LogP contribution in [0.1, 0.15) is 10.5 Å². The summed E-state index contributed by atoms with van der Waals surface area (Å²) in [5, 5.41) is 12.0. The number of phenols is 1.